The van der Waals surface area contributed by atoms with E-state index in [0.29, 0.717) is 18.8 Å². The Morgan fingerprint density at radius 3 is 3.17 bits per heavy atom. The fourth-order valence-corrected chi connectivity index (χ4v) is 2.83. The highest BCUT2D eigenvalue weighted by molar-refractivity contribution is 7.13. The van der Waals surface area contributed by atoms with Gasteiger partial charge < -0.3 is 5.11 Å². The molecule has 2 aromatic heterocycles. The van der Waals surface area contributed by atoms with Gasteiger partial charge in [-0.1, -0.05) is 6.07 Å². The van der Waals surface area contributed by atoms with Gasteiger partial charge in [-0.2, -0.15) is 5.10 Å². The molecule has 0 aliphatic carbocycles. The molecule has 1 atom stereocenters. The molecule has 18 heavy (non-hydrogen) atoms. The number of H-pyrrole nitrogens is 1. The third-order valence-electron chi connectivity index (χ3n) is 3.09. The number of carbonyl (C=O) groups excluding carboxylic acids is 1. The van der Waals surface area contributed by atoms with Crippen molar-refractivity contribution in [1.29, 1.82) is 0 Å². The smallest absolute Gasteiger partial charge is 0.228 e. The average Bonchev–Trinajstić information content (AvgIpc) is 3.08. The molecule has 1 unspecified atom stereocenters. The molecule has 1 saturated heterocycles. The summed E-state index contributed by atoms with van der Waals surface area (Å²) < 4.78 is 0. The Labute approximate surface area is 108 Å². The van der Waals surface area contributed by atoms with E-state index >= 15 is 0 Å². The molecule has 5 nitrogen and oxygen atoms in total. The standard InChI is InChI=1S/C12H13N3O2S/c16-7-8-4-12(17)15(6-8)11-5-9(13-14-11)10-2-1-3-18-10/h1-3,5,8,16H,4,6-7H2,(H,13,14). The van der Waals surface area contributed by atoms with Gasteiger partial charge in [0.05, 0.1) is 10.6 Å². The van der Waals surface area contributed by atoms with Gasteiger partial charge in [-0.05, 0) is 11.4 Å². The maximum absolute atomic E-state index is 11.8. The molecule has 1 amide bonds. The van der Waals surface area contributed by atoms with Gasteiger partial charge in [0.15, 0.2) is 5.82 Å². The minimum Gasteiger partial charge on any atom is -0.396 e. The van der Waals surface area contributed by atoms with Crippen molar-refractivity contribution in [2.75, 3.05) is 18.1 Å². The number of anilines is 1. The number of nitrogens with zero attached hydrogens (tertiary/aromatic N) is 2. The van der Waals surface area contributed by atoms with Crippen molar-refractivity contribution in [3.05, 3.63) is 23.6 Å². The molecular formula is C12H13N3O2S. The minimum atomic E-state index is 0.0262. The first-order valence-electron chi connectivity index (χ1n) is 5.78. The van der Waals surface area contributed by atoms with Gasteiger partial charge in [0.25, 0.3) is 0 Å². The van der Waals surface area contributed by atoms with Crippen molar-refractivity contribution in [3.8, 4) is 10.6 Å². The normalized spacial score (nSPS) is 19.7. The first-order valence-corrected chi connectivity index (χ1v) is 6.66. The predicted octanol–water partition coefficient (Wildman–Crippen LogP) is 1.48. The van der Waals surface area contributed by atoms with E-state index in [0.717, 1.165) is 10.6 Å². The van der Waals surface area contributed by atoms with Crippen LogP contribution < -0.4 is 4.90 Å². The van der Waals surface area contributed by atoms with Crippen molar-refractivity contribution >= 4 is 23.1 Å². The molecule has 6 heteroatoms. The molecule has 0 radical (unpaired) electrons. The molecule has 2 N–H and O–H groups in total. The van der Waals surface area contributed by atoms with Crippen LogP contribution >= 0.6 is 11.3 Å². The Balaban J connectivity index is 1.84. The van der Waals surface area contributed by atoms with Crippen LogP contribution in [0, 0.1) is 5.92 Å². The number of aliphatic hydroxyl groups is 1. The van der Waals surface area contributed by atoms with Gasteiger partial charge in [0, 0.05) is 31.6 Å². The van der Waals surface area contributed by atoms with Gasteiger partial charge in [-0.15, -0.1) is 11.3 Å². The summed E-state index contributed by atoms with van der Waals surface area (Å²) in [5.41, 5.74) is 0.917. The molecule has 3 heterocycles. The summed E-state index contributed by atoms with van der Waals surface area (Å²) in [6, 6.07) is 5.86. The SMILES string of the molecule is O=C1CC(CO)CN1c1cc(-c2cccs2)[nH]n1. The minimum absolute atomic E-state index is 0.0262. The summed E-state index contributed by atoms with van der Waals surface area (Å²) >= 11 is 1.62. The fourth-order valence-electron chi connectivity index (χ4n) is 2.13. The van der Waals surface area contributed by atoms with E-state index in [1.807, 2.05) is 23.6 Å². The molecule has 0 spiro atoms. The number of amides is 1. The van der Waals surface area contributed by atoms with Gasteiger partial charge in [0.2, 0.25) is 5.91 Å². The van der Waals surface area contributed by atoms with E-state index in [1.165, 1.54) is 0 Å². The average molecular weight is 263 g/mol. The summed E-state index contributed by atoms with van der Waals surface area (Å²) in [5, 5.41) is 18.2. The topological polar surface area (TPSA) is 69.2 Å². The predicted molar refractivity (Wildman–Crippen MR) is 69.4 cm³/mol. The quantitative estimate of drug-likeness (QED) is 0.881. The molecule has 1 aliphatic rings. The maximum atomic E-state index is 11.8. The monoisotopic (exact) mass is 263 g/mol. The summed E-state index contributed by atoms with van der Waals surface area (Å²) in [4.78, 5) is 14.5. The molecule has 3 rings (SSSR count). The summed E-state index contributed by atoms with van der Waals surface area (Å²) in [6.45, 7) is 0.592. The number of hydrogen-bond acceptors (Lipinski definition) is 4. The lowest BCUT2D eigenvalue weighted by molar-refractivity contribution is -0.117. The Hall–Kier alpha value is -1.66. The van der Waals surface area contributed by atoms with Crippen LogP contribution in [-0.2, 0) is 4.79 Å². The van der Waals surface area contributed by atoms with Crippen molar-refractivity contribution in [2.45, 2.75) is 6.42 Å². The first-order chi connectivity index (χ1) is 8.78. The van der Waals surface area contributed by atoms with Crippen LogP contribution in [0.25, 0.3) is 10.6 Å². The summed E-state index contributed by atoms with van der Waals surface area (Å²) in [6.07, 6.45) is 0.400. The third kappa shape index (κ3) is 1.93. The second-order valence-corrected chi connectivity index (χ2v) is 5.32. The molecular weight excluding hydrogens is 250 g/mol. The van der Waals surface area contributed by atoms with Gasteiger partial charge in [-0.25, -0.2) is 0 Å². The van der Waals surface area contributed by atoms with Gasteiger partial charge in [-0.3, -0.25) is 14.8 Å². The number of aromatic nitrogens is 2. The Bertz CT molecular complexity index is 549. The van der Waals surface area contributed by atoms with E-state index in [4.69, 9.17) is 5.11 Å². The van der Waals surface area contributed by atoms with Crippen molar-refractivity contribution < 1.29 is 9.90 Å². The van der Waals surface area contributed by atoms with Crippen LogP contribution in [0.1, 0.15) is 6.42 Å². The van der Waals surface area contributed by atoms with Crippen molar-refractivity contribution in [2.24, 2.45) is 5.92 Å². The van der Waals surface area contributed by atoms with Crippen molar-refractivity contribution in [3.63, 3.8) is 0 Å². The number of thiophene rings is 1. The maximum Gasteiger partial charge on any atom is 0.228 e. The molecule has 0 bridgehead atoms. The second kappa shape index (κ2) is 4.55. The third-order valence-corrected chi connectivity index (χ3v) is 3.99. The Morgan fingerprint density at radius 2 is 2.50 bits per heavy atom. The molecule has 1 aliphatic heterocycles. The van der Waals surface area contributed by atoms with Crippen LogP contribution in [0.5, 0.6) is 0 Å². The van der Waals surface area contributed by atoms with E-state index in [-0.39, 0.29) is 18.4 Å². The highest BCUT2D eigenvalue weighted by Crippen LogP contribution is 2.28. The Morgan fingerprint density at radius 1 is 1.61 bits per heavy atom. The zero-order valence-corrected chi connectivity index (χ0v) is 10.5. The van der Waals surface area contributed by atoms with Crippen molar-refractivity contribution in [1.82, 2.24) is 10.2 Å². The fraction of sp³-hybridized carbons (Fsp3) is 0.333. The van der Waals surface area contributed by atoms with Crippen LogP contribution in [0.4, 0.5) is 5.82 Å². The number of aliphatic hydroxyl groups excluding tert-OH is 1. The van der Waals surface area contributed by atoms with Gasteiger partial charge >= 0.3 is 0 Å². The van der Waals surface area contributed by atoms with E-state index < -0.39 is 0 Å². The summed E-state index contributed by atoms with van der Waals surface area (Å²) in [5.74, 6) is 0.692. The van der Waals surface area contributed by atoms with E-state index in [1.54, 1.807) is 16.2 Å². The number of rotatable bonds is 3. The highest BCUT2D eigenvalue weighted by atomic mass is 32.1. The molecule has 1 fully saturated rings. The number of aromatic amines is 1. The van der Waals surface area contributed by atoms with Gasteiger partial charge in [0.1, 0.15) is 0 Å². The number of carbonyl (C=O) groups is 1. The summed E-state index contributed by atoms with van der Waals surface area (Å²) in [7, 11) is 0. The van der Waals surface area contributed by atoms with Crippen LogP contribution in [0.3, 0.4) is 0 Å². The zero-order chi connectivity index (χ0) is 12.5. The van der Waals surface area contributed by atoms with E-state index in [9.17, 15) is 4.79 Å². The molecule has 94 valence electrons. The van der Waals surface area contributed by atoms with Crippen LogP contribution in [0.2, 0.25) is 0 Å². The molecule has 2 aromatic rings. The number of nitrogens with one attached hydrogen (secondary N) is 1. The lowest BCUT2D eigenvalue weighted by atomic mass is 10.1. The second-order valence-electron chi connectivity index (χ2n) is 4.37. The lowest BCUT2D eigenvalue weighted by Gasteiger charge is -2.11. The van der Waals surface area contributed by atoms with E-state index in [2.05, 4.69) is 10.2 Å². The Kier molecular flexibility index (Phi) is 2.89. The number of hydrogen-bond donors (Lipinski definition) is 2. The molecule has 0 saturated carbocycles. The largest absolute Gasteiger partial charge is 0.396 e. The lowest BCUT2D eigenvalue weighted by Crippen LogP contribution is -2.25. The van der Waals surface area contributed by atoms with Crippen LogP contribution in [-0.4, -0.2) is 34.4 Å². The highest BCUT2D eigenvalue weighted by Gasteiger charge is 2.31. The van der Waals surface area contributed by atoms with Crippen LogP contribution in [0.15, 0.2) is 23.6 Å². The first kappa shape index (κ1) is 11.4. The molecule has 0 aromatic carbocycles. The zero-order valence-electron chi connectivity index (χ0n) is 9.67.